The van der Waals surface area contributed by atoms with Crippen LogP contribution < -0.4 is 10.6 Å². The molecule has 0 bridgehead atoms. The maximum Gasteiger partial charge on any atom is 0.242 e. The number of rotatable bonds is 4. The Labute approximate surface area is 133 Å². The Bertz CT molecular complexity index is 505. The molecule has 3 rings (SSSR count). The fourth-order valence-corrected chi connectivity index (χ4v) is 3.85. The van der Waals surface area contributed by atoms with Crippen molar-refractivity contribution in [1.82, 2.24) is 10.2 Å². The van der Waals surface area contributed by atoms with Crippen molar-refractivity contribution in [3.63, 3.8) is 0 Å². The second-order valence-corrected chi connectivity index (χ2v) is 6.63. The normalized spacial score (nSPS) is 21.7. The van der Waals surface area contributed by atoms with E-state index in [1.807, 2.05) is 18.2 Å². The number of benzene rings is 1. The molecule has 4 nitrogen and oxygen atoms in total. The molecule has 0 aromatic heterocycles. The molecule has 1 aliphatic carbocycles. The Morgan fingerprint density at radius 3 is 2.68 bits per heavy atom. The average molecular weight is 301 g/mol. The Morgan fingerprint density at radius 2 is 2.00 bits per heavy atom. The molecule has 1 atom stereocenters. The van der Waals surface area contributed by atoms with E-state index < -0.39 is 0 Å². The van der Waals surface area contributed by atoms with E-state index >= 15 is 0 Å². The number of anilines is 1. The summed E-state index contributed by atoms with van der Waals surface area (Å²) >= 11 is 0. The van der Waals surface area contributed by atoms with Gasteiger partial charge in [0.25, 0.3) is 0 Å². The van der Waals surface area contributed by atoms with Gasteiger partial charge >= 0.3 is 0 Å². The van der Waals surface area contributed by atoms with Gasteiger partial charge in [-0.1, -0.05) is 25.0 Å². The fourth-order valence-electron chi connectivity index (χ4n) is 3.85. The molecule has 2 N–H and O–H groups in total. The van der Waals surface area contributed by atoms with Crippen molar-refractivity contribution in [1.29, 1.82) is 0 Å². The lowest BCUT2D eigenvalue weighted by atomic mass is 9.95. The van der Waals surface area contributed by atoms with Gasteiger partial charge < -0.3 is 10.6 Å². The number of hydrogen-bond donors (Lipinski definition) is 2. The van der Waals surface area contributed by atoms with Crippen molar-refractivity contribution < 1.29 is 4.79 Å². The van der Waals surface area contributed by atoms with Gasteiger partial charge in [0.2, 0.25) is 5.91 Å². The van der Waals surface area contributed by atoms with E-state index in [2.05, 4.69) is 28.5 Å². The molecule has 2 fully saturated rings. The summed E-state index contributed by atoms with van der Waals surface area (Å²) < 4.78 is 0. The number of amides is 1. The third kappa shape index (κ3) is 3.68. The average Bonchev–Trinajstić information content (AvgIpc) is 3.02. The molecule has 2 aliphatic rings. The number of aryl methyl sites for hydroxylation is 1. The van der Waals surface area contributed by atoms with Gasteiger partial charge in [0.1, 0.15) is 0 Å². The third-order valence-electron chi connectivity index (χ3n) is 4.95. The van der Waals surface area contributed by atoms with Crippen LogP contribution in [0.4, 0.5) is 5.69 Å². The van der Waals surface area contributed by atoms with E-state index in [0.29, 0.717) is 5.92 Å². The van der Waals surface area contributed by atoms with E-state index in [0.717, 1.165) is 31.9 Å². The lowest BCUT2D eigenvalue weighted by molar-refractivity contribution is -0.123. The van der Waals surface area contributed by atoms with E-state index in [9.17, 15) is 4.79 Å². The highest BCUT2D eigenvalue weighted by Gasteiger charge is 2.35. The number of carbonyl (C=O) groups is 1. The summed E-state index contributed by atoms with van der Waals surface area (Å²) in [6.07, 6.45) is 4.92. The first-order chi connectivity index (χ1) is 10.7. The standard InChI is InChI=1S/C18H27N3O/c1-14-5-4-8-16(13-14)20-18(22)17(15-6-2-3-7-15)21-11-9-19-10-12-21/h4-5,8,13,15,17,19H,2-3,6-7,9-12H2,1H3,(H,20,22). The number of nitrogens with zero attached hydrogens (tertiary/aromatic N) is 1. The molecule has 1 saturated carbocycles. The lowest BCUT2D eigenvalue weighted by Gasteiger charge is -2.37. The second-order valence-electron chi connectivity index (χ2n) is 6.63. The molecule has 1 amide bonds. The largest absolute Gasteiger partial charge is 0.325 e. The molecule has 1 aromatic rings. The van der Waals surface area contributed by atoms with Gasteiger partial charge in [0.05, 0.1) is 6.04 Å². The molecular weight excluding hydrogens is 274 g/mol. The van der Waals surface area contributed by atoms with E-state index in [4.69, 9.17) is 0 Å². The summed E-state index contributed by atoms with van der Waals surface area (Å²) in [5.74, 6) is 0.697. The van der Waals surface area contributed by atoms with Crippen LogP contribution >= 0.6 is 0 Å². The third-order valence-corrected chi connectivity index (χ3v) is 4.95. The highest BCUT2D eigenvalue weighted by Crippen LogP contribution is 2.31. The summed E-state index contributed by atoms with van der Waals surface area (Å²) in [5, 5.41) is 6.54. The minimum atomic E-state index is 0.0325. The zero-order valence-electron chi connectivity index (χ0n) is 13.5. The number of hydrogen-bond acceptors (Lipinski definition) is 3. The zero-order chi connectivity index (χ0) is 15.4. The van der Waals surface area contributed by atoms with Crippen molar-refractivity contribution in [2.24, 2.45) is 5.92 Å². The van der Waals surface area contributed by atoms with Gasteiger partial charge in [-0.25, -0.2) is 0 Å². The maximum absolute atomic E-state index is 12.9. The molecular formula is C18H27N3O. The predicted octanol–water partition coefficient (Wildman–Crippen LogP) is 2.40. The number of nitrogens with one attached hydrogen (secondary N) is 2. The van der Waals surface area contributed by atoms with Gasteiger partial charge in [0, 0.05) is 31.9 Å². The maximum atomic E-state index is 12.9. The van der Waals surface area contributed by atoms with Crippen LogP contribution in [-0.4, -0.2) is 43.0 Å². The summed E-state index contributed by atoms with van der Waals surface area (Å²) in [7, 11) is 0. The monoisotopic (exact) mass is 301 g/mol. The Kier molecular flexibility index (Phi) is 5.11. The van der Waals surface area contributed by atoms with Gasteiger partial charge in [-0.2, -0.15) is 0 Å². The first-order valence-electron chi connectivity index (χ1n) is 8.56. The predicted molar refractivity (Wildman–Crippen MR) is 90.0 cm³/mol. The SMILES string of the molecule is Cc1cccc(NC(=O)C(C2CCCC2)N2CCNCC2)c1. The fraction of sp³-hybridized carbons (Fsp3) is 0.611. The van der Waals surface area contributed by atoms with Gasteiger partial charge in [-0.05, 0) is 43.4 Å². The Hall–Kier alpha value is -1.39. The Morgan fingerprint density at radius 1 is 1.27 bits per heavy atom. The summed E-state index contributed by atoms with van der Waals surface area (Å²) in [6, 6.07) is 8.11. The molecule has 0 radical (unpaired) electrons. The van der Waals surface area contributed by atoms with Crippen LogP contribution in [0.15, 0.2) is 24.3 Å². The van der Waals surface area contributed by atoms with Crippen LogP contribution in [0.3, 0.4) is 0 Å². The highest BCUT2D eigenvalue weighted by atomic mass is 16.2. The minimum Gasteiger partial charge on any atom is -0.325 e. The van der Waals surface area contributed by atoms with Crippen molar-refractivity contribution in [3.8, 4) is 0 Å². The number of carbonyl (C=O) groups excluding carboxylic acids is 1. The molecule has 0 spiro atoms. The lowest BCUT2D eigenvalue weighted by Crippen LogP contribution is -2.55. The topological polar surface area (TPSA) is 44.4 Å². The van der Waals surface area contributed by atoms with E-state index in [1.165, 1.54) is 31.2 Å². The molecule has 1 saturated heterocycles. The second kappa shape index (κ2) is 7.25. The van der Waals surface area contributed by atoms with Gasteiger partial charge in [-0.15, -0.1) is 0 Å². The van der Waals surface area contributed by atoms with Crippen LogP contribution in [0.5, 0.6) is 0 Å². The van der Waals surface area contributed by atoms with Crippen LogP contribution in [0.1, 0.15) is 31.2 Å². The first-order valence-corrected chi connectivity index (χ1v) is 8.56. The van der Waals surface area contributed by atoms with Crippen molar-refractivity contribution in [3.05, 3.63) is 29.8 Å². The highest BCUT2D eigenvalue weighted by molar-refractivity contribution is 5.95. The molecule has 1 aromatic carbocycles. The molecule has 120 valence electrons. The van der Waals surface area contributed by atoms with Crippen LogP contribution in [0, 0.1) is 12.8 Å². The molecule has 1 aliphatic heterocycles. The smallest absolute Gasteiger partial charge is 0.242 e. The quantitative estimate of drug-likeness (QED) is 0.897. The molecule has 22 heavy (non-hydrogen) atoms. The van der Waals surface area contributed by atoms with E-state index in [1.54, 1.807) is 0 Å². The Balaban J connectivity index is 1.73. The van der Waals surface area contributed by atoms with Crippen molar-refractivity contribution >= 4 is 11.6 Å². The minimum absolute atomic E-state index is 0.0325. The molecule has 1 unspecified atom stereocenters. The van der Waals surface area contributed by atoms with E-state index in [-0.39, 0.29) is 11.9 Å². The van der Waals surface area contributed by atoms with Crippen LogP contribution in [-0.2, 0) is 4.79 Å². The van der Waals surface area contributed by atoms with Crippen LogP contribution in [0.2, 0.25) is 0 Å². The molecule has 1 heterocycles. The van der Waals surface area contributed by atoms with Gasteiger partial charge in [-0.3, -0.25) is 9.69 Å². The summed E-state index contributed by atoms with van der Waals surface area (Å²) in [5.41, 5.74) is 2.10. The van der Waals surface area contributed by atoms with Crippen molar-refractivity contribution in [2.75, 3.05) is 31.5 Å². The number of piperazine rings is 1. The van der Waals surface area contributed by atoms with Gasteiger partial charge in [0.15, 0.2) is 0 Å². The van der Waals surface area contributed by atoms with Crippen LogP contribution in [0.25, 0.3) is 0 Å². The molecule has 4 heteroatoms. The zero-order valence-corrected chi connectivity index (χ0v) is 13.5. The summed E-state index contributed by atoms with van der Waals surface area (Å²) in [4.78, 5) is 15.3. The van der Waals surface area contributed by atoms with Crippen molar-refractivity contribution in [2.45, 2.75) is 38.6 Å². The first kappa shape index (κ1) is 15.5. The summed E-state index contributed by atoms with van der Waals surface area (Å²) in [6.45, 7) is 5.98.